The van der Waals surface area contributed by atoms with Gasteiger partial charge in [-0.15, -0.1) is 0 Å². The fourth-order valence-corrected chi connectivity index (χ4v) is 4.64. The molecule has 0 spiro atoms. The van der Waals surface area contributed by atoms with E-state index in [1.165, 1.54) is 12.0 Å². The number of primary amides is 1. The average Bonchev–Trinajstić information content (AvgIpc) is 3.54. The number of anilines is 1. The highest BCUT2D eigenvalue weighted by atomic mass is 16.5. The zero-order chi connectivity index (χ0) is 27.9. The Bertz CT molecular complexity index is 1340. The first kappa shape index (κ1) is 27.2. The van der Waals surface area contributed by atoms with E-state index in [2.05, 4.69) is 16.0 Å². The maximum absolute atomic E-state index is 13.5. The van der Waals surface area contributed by atoms with E-state index in [9.17, 15) is 19.2 Å². The first-order valence-electron chi connectivity index (χ1n) is 12.5. The van der Waals surface area contributed by atoms with Crippen LogP contribution in [0, 0.1) is 0 Å². The number of nitrogens with one attached hydrogen (secondary N) is 3. The molecule has 4 rings (SSSR count). The van der Waals surface area contributed by atoms with Crippen LogP contribution in [0.1, 0.15) is 22.5 Å². The molecule has 11 heteroatoms. The van der Waals surface area contributed by atoms with Gasteiger partial charge in [-0.25, -0.2) is 4.79 Å². The Morgan fingerprint density at radius 2 is 1.82 bits per heavy atom. The van der Waals surface area contributed by atoms with Crippen LogP contribution in [-0.4, -0.2) is 65.0 Å². The summed E-state index contributed by atoms with van der Waals surface area (Å²) >= 11 is 0. The van der Waals surface area contributed by atoms with Crippen LogP contribution in [0.15, 0.2) is 72.9 Å². The number of rotatable bonds is 9. The third-order valence-corrected chi connectivity index (χ3v) is 6.63. The monoisotopic (exact) mass is 532 g/mol. The second kappa shape index (κ2) is 12.2. The van der Waals surface area contributed by atoms with Gasteiger partial charge in [0.2, 0.25) is 11.8 Å². The fraction of sp³-hybridized carbons (Fsp3) is 0.286. The summed E-state index contributed by atoms with van der Waals surface area (Å²) in [7, 11) is 3.27. The summed E-state index contributed by atoms with van der Waals surface area (Å²) in [5, 5.41) is 8.31. The third-order valence-electron chi connectivity index (χ3n) is 6.63. The minimum absolute atomic E-state index is 0.105. The number of methoxy groups -OCH3 is 1. The molecule has 0 radical (unpaired) electrons. The van der Waals surface area contributed by atoms with Crippen LogP contribution in [0.5, 0.6) is 5.75 Å². The molecule has 1 aromatic heterocycles. The molecule has 204 valence electrons. The van der Waals surface area contributed by atoms with Gasteiger partial charge in [-0.1, -0.05) is 36.4 Å². The summed E-state index contributed by atoms with van der Waals surface area (Å²) in [4.78, 5) is 53.2. The predicted octanol–water partition coefficient (Wildman–Crippen LogP) is 1.65. The molecule has 1 aliphatic rings. The van der Waals surface area contributed by atoms with E-state index in [-0.39, 0.29) is 25.3 Å². The molecule has 5 amide bonds. The number of urea groups is 1. The predicted molar refractivity (Wildman–Crippen MR) is 145 cm³/mol. The van der Waals surface area contributed by atoms with E-state index < -0.39 is 36.0 Å². The summed E-state index contributed by atoms with van der Waals surface area (Å²) in [5.41, 5.74) is 7.35. The van der Waals surface area contributed by atoms with Crippen molar-refractivity contribution < 1.29 is 23.9 Å². The normalized spacial score (nSPS) is 17.2. The van der Waals surface area contributed by atoms with Gasteiger partial charge in [-0.05, 0) is 36.2 Å². The summed E-state index contributed by atoms with van der Waals surface area (Å²) < 4.78 is 6.85. The number of likely N-dealkylation sites (tertiary alicyclic amines) is 1. The standard InChI is InChI=1S/C28H32N6O5/c1-33-13-7-12-23(33)27(37)34-17-20(31-28(38)30-19-10-6-11-21(15-19)39-2)16-24(34)26(36)32-22(25(29)35)14-18-8-4-3-5-9-18/h3-13,15,20,22,24H,14,16-17H2,1-2H3,(H2,29,35)(H,32,36)(H2,30,31,38)/t20-,22+,24-/m0/s1. The second-order valence-corrected chi connectivity index (χ2v) is 9.39. The SMILES string of the molecule is COc1cccc(NC(=O)N[C@H]2C[C@@H](C(=O)N[C@H](Cc3ccccc3)C(N)=O)N(C(=O)c3cccn3C)C2)c1. The van der Waals surface area contributed by atoms with Crippen molar-refractivity contribution in [3.05, 3.63) is 84.2 Å². The van der Waals surface area contributed by atoms with E-state index >= 15 is 0 Å². The number of carbonyl (C=O) groups excluding carboxylic acids is 4. The molecular weight excluding hydrogens is 500 g/mol. The van der Waals surface area contributed by atoms with Crippen molar-refractivity contribution in [3.63, 3.8) is 0 Å². The molecule has 11 nitrogen and oxygen atoms in total. The molecule has 39 heavy (non-hydrogen) atoms. The lowest BCUT2D eigenvalue weighted by molar-refractivity contribution is -0.129. The molecule has 5 N–H and O–H groups in total. The summed E-state index contributed by atoms with van der Waals surface area (Å²) in [6, 6.07) is 16.6. The van der Waals surface area contributed by atoms with Crippen LogP contribution in [0.2, 0.25) is 0 Å². The number of benzene rings is 2. The topological polar surface area (TPSA) is 148 Å². The van der Waals surface area contributed by atoms with Crippen molar-refractivity contribution in [2.45, 2.75) is 31.0 Å². The van der Waals surface area contributed by atoms with Crippen molar-refractivity contribution in [3.8, 4) is 5.75 Å². The summed E-state index contributed by atoms with van der Waals surface area (Å²) in [5.74, 6) is -0.976. The Hall–Kier alpha value is -4.80. The minimum Gasteiger partial charge on any atom is -0.497 e. The number of nitrogens with zero attached hydrogens (tertiary/aromatic N) is 2. The molecule has 2 heterocycles. The van der Waals surface area contributed by atoms with Gasteiger partial charge in [0.1, 0.15) is 23.5 Å². The van der Waals surface area contributed by atoms with Gasteiger partial charge in [0, 0.05) is 38.0 Å². The first-order valence-corrected chi connectivity index (χ1v) is 12.5. The quantitative estimate of drug-likeness (QED) is 0.331. The lowest BCUT2D eigenvalue weighted by atomic mass is 10.0. The lowest BCUT2D eigenvalue weighted by Gasteiger charge is -2.25. The van der Waals surface area contributed by atoms with Gasteiger partial charge < -0.3 is 35.9 Å². The number of nitrogens with two attached hydrogens (primary N) is 1. The second-order valence-electron chi connectivity index (χ2n) is 9.39. The third kappa shape index (κ3) is 6.75. The first-order chi connectivity index (χ1) is 18.7. The zero-order valence-corrected chi connectivity index (χ0v) is 21.8. The molecule has 3 atom stereocenters. The molecule has 0 aliphatic carbocycles. The van der Waals surface area contributed by atoms with Crippen LogP contribution in [0.4, 0.5) is 10.5 Å². The molecule has 0 saturated carbocycles. The van der Waals surface area contributed by atoms with Crippen molar-refractivity contribution >= 4 is 29.4 Å². The van der Waals surface area contributed by atoms with E-state index in [0.717, 1.165) is 5.56 Å². The Morgan fingerprint density at radius 1 is 1.05 bits per heavy atom. The van der Waals surface area contributed by atoms with Crippen LogP contribution < -0.4 is 26.4 Å². The summed E-state index contributed by atoms with van der Waals surface area (Å²) in [6.07, 6.45) is 2.11. The minimum atomic E-state index is -0.963. The van der Waals surface area contributed by atoms with Gasteiger partial charge in [-0.2, -0.15) is 0 Å². The molecule has 1 aliphatic heterocycles. The Morgan fingerprint density at radius 3 is 2.49 bits per heavy atom. The van der Waals surface area contributed by atoms with Crippen LogP contribution in [-0.2, 0) is 23.1 Å². The van der Waals surface area contributed by atoms with Crippen molar-refractivity contribution in [2.24, 2.45) is 12.8 Å². The lowest BCUT2D eigenvalue weighted by Crippen LogP contribution is -2.53. The maximum Gasteiger partial charge on any atom is 0.319 e. The fourth-order valence-electron chi connectivity index (χ4n) is 4.64. The maximum atomic E-state index is 13.5. The number of amides is 5. The number of carbonyl (C=O) groups is 4. The highest BCUT2D eigenvalue weighted by Gasteiger charge is 2.42. The van der Waals surface area contributed by atoms with Crippen molar-refractivity contribution in [1.29, 1.82) is 0 Å². The molecule has 0 bridgehead atoms. The number of aromatic nitrogens is 1. The smallest absolute Gasteiger partial charge is 0.319 e. The number of ether oxygens (including phenoxy) is 1. The largest absolute Gasteiger partial charge is 0.497 e. The van der Waals surface area contributed by atoms with Crippen molar-refractivity contribution in [2.75, 3.05) is 19.0 Å². The molecule has 0 unspecified atom stereocenters. The van der Waals surface area contributed by atoms with Crippen LogP contribution in [0.3, 0.4) is 0 Å². The van der Waals surface area contributed by atoms with Crippen LogP contribution in [0.25, 0.3) is 0 Å². The Kier molecular flexibility index (Phi) is 8.50. The molecule has 1 saturated heterocycles. The van der Waals surface area contributed by atoms with Gasteiger partial charge in [0.25, 0.3) is 5.91 Å². The van der Waals surface area contributed by atoms with Gasteiger partial charge >= 0.3 is 6.03 Å². The van der Waals surface area contributed by atoms with Crippen LogP contribution >= 0.6 is 0 Å². The zero-order valence-electron chi connectivity index (χ0n) is 21.8. The molecule has 3 aromatic rings. The molecular formula is C28H32N6O5. The van der Waals surface area contributed by atoms with E-state index in [4.69, 9.17) is 10.5 Å². The van der Waals surface area contributed by atoms with E-state index in [0.29, 0.717) is 17.1 Å². The average molecular weight is 533 g/mol. The van der Waals surface area contributed by atoms with E-state index in [1.54, 1.807) is 54.2 Å². The molecule has 1 fully saturated rings. The number of aryl methyl sites for hydroxylation is 1. The number of hydrogen-bond acceptors (Lipinski definition) is 5. The van der Waals surface area contributed by atoms with Gasteiger partial charge in [-0.3, -0.25) is 14.4 Å². The van der Waals surface area contributed by atoms with E-state index in [1.807, 2.05) is 30.3 Å². The van der Waals surface area contributed by atoms with Gasteiger partial charge in [0.15, 0.2) is 0 Å². The Labute approximate surface area is 226 Å². The highest BCUT2D eigenvalue weighted by molar-refractivity contribution is 5.98. The summed E-state index contributed by atoms with van der Waals surface area (Å²) in [6.45, 7) is 0.105. The van der Waals surface area contributed by atoms with Crippen molar-refractivity contribution in [1.82, 2.24) is 20.1 Å². The number of hydrogen-bond donors (Lipinski definition) is 4. The van der Waals surface area contributed by atoms with Gasteiger partial charge in [0.05, 0.1) is 13.2 Å². The highest BCUT2D eigenvalue weighted by Crippen LogP contribution is 2.22. The molecule has 2 aromatic carbocycles. The Balaban J connectivity index is 1.49.